The van der Waals surface area contributed by atoms with E-state index in [0.29, 0.717) is 25.9 Å². The number of carbonyl (C=O) groups excluding carboxylic acids is 3. The lowest BCUT2D eigenvalue weighted by Crippen LogP contribution is -2.53. The second-order valence-electron chi connectivity index (χ2n) is 11.5. The molecule has 2 aliphatic rings. The summed E-state index contributed by atoms with van der Waals surface area (Å²) in [5.74, 6) is -2.93. The number of ketones is 1. The highest BCUT2D eigenvalue weighted by molar-refractivity contribution is 5.92. The molecule has 2 unspecified atom stereocenters. The Labute approximate surface area is 228 Å². The zero-order valence-corrected chi connectivity index (χ0v) is 22.8. The molecule has 0 radical (unpaired) electrons. The second-order valence-corrected chi connectivity index (χ2v) is 11.5. The van der Waals surface area contributed by atoms with E-state index in [2.05, 4.69) is 0 Å². The SMILES string of the molecule is CN1CC(c2ccccc2)C2(CCCN(C(=O)[C@@H](COCc3ccc(F)cc3F)CC(=O)C(C)(C)N)C2)C1=O. The van der Waals surface area contributed by atoms with Crippen LogP contribution in [0.5, 0.6) is 0 Å². The van der Waals surface area contributed by atoms with Gasteiger partial charge in [-0.25, -0.2) is 8.78 Å². The number of halogens is 2. The van der Waals surface area contributed by atoms with Crippen LogP contribution in [0.25, 0.3) is 0 Å². The molecule has 39 heavy (non-hydrogen) atoms. The minimum Gasteiger partial charge on any atom is -0.376 e. The summed E-state index contributed by atoms with van der Waals surface area (Å²) in [5, 5.41) is 0. The molecule has 1 spiro atoms. The fourth-order valence-corrected chi connectivity index (χ4v) is 5.81. The Morgan fingerprint density at radius 3 is 2.56 bits per heavy atom. The number of hydrogen-bond donors (Lipinski definition) is 1. The van der Waals surface area contributed by atoms with Crippen molar-refractivity contribution in [3.63, 3.8) is 0 Å². The standard InChI is InChI=1S/C30H37F2N3O4/c1-29(2,33)26(36)14-22(18-39-17-21-10-11-23(31)15-25(21)32)27(37)35-13-7-12-30(19-35)24(16-34(3)28(30)38)20-8-5-4-6-9-20/h4-6,8-11,15,22,24H,7,12-14,16-19,33H2,1-3H3/t22-,24?,30?/m1/s1. The summed E-state index contributed by atoms with van der Waals surface area (Å²) in [6.07, 6.45) is 1.17. The number of piperidine rings is 1. The molecule has 2 fully saturated rings. The van der Waals surface area contributed by atoms with Crippen LogP contribution in [0.2, 0.25) is 0 Å². The molecular formula is C30H37F2N3O4. The van der Waals surface area contributed by atoms with Gasteiger partial charge in [0.05, 0.1) is 30.1 Å². The number of carbonyl (C=O) groups is 3. The van der Waals surface area contributed by atoms with Crippen LogP contribution < -0.4 is 5.73 Å². The summed E-state index contributed by atoms with van der Waals surface area (Å²) in [4.78, 5) is 43.7. The Morgan fingerprint density at radius 2 is 1.90 bits per heavy atom. The number of nitrogens with zero attached hydrogens (tertiary/aromatic N) is 2. The molecule has 2 aromatic carbocycles. The molecule has 210 valence electrons. The van der Waals surface area contributed by atoms with E-state index < -0.39 is 28.5 Å². The van der Waals surface area contributed by atoms with Gasteiger partial charge in [0.2, 0.25) is 11.8 Å². The molecule has 2 saturated heterocycles. The predicted octanol–water partition coefficient (Wildman–Crippen LogP) is 3.66. The third-order valence-electron chi connectivity index (χ3n) is 8.03. The van der Waals surface area contributed by atoms with Crippen molar-refractivity contribution in [3.8, 4) is 0 Å². The van der Waals surface area contributed by atoms with Crippen LogP contribution in [0.15, 0.2) is 48.5 Å². The minimum atomic E-state index is -1.15. The van der Waals surface area contributed by atoms with Crippen molar-refractivity contribution in [1.29, 1.82) is 0 Å². The monoisotopic (exact) mass is 541 g/mol. The fraction of sp³-hybridized carbons (Fsp3) is 0.500. The van der Waals surface area contributed by atoms with E-state index in [1.807, 2.05) is 30.3 Å². The van der Waals surface area contributed by atoms with Gasteiger partial charge < -0.3 is 20.3 Å². The van der Waals surface area contributed by atoms with E-state index in [9.17, 15) is 23.2 Å². The quantitative estimate of drug-likeness (QED) is 0.523. The van der Waals surface area contributed by atoms with Crippen molar-refractivity contribution < 1.29 is 27.9 Å². The summed E-state index contributed by atoms with van der Waals surface area (Å²) in [5.41, 5.74) is 5.34. The third-order valence-corrected chi connectivity index (χ3v) is 8.03. The second kappa shape index (κ2) is 11.5. The lowest BCUT2D eigenvalue weighted by atomic mass is 9.69. The number of likely N-dealkylation sites (tertiary alicyclic amines) is 2. The highest BCUT2D eigenvalue weighted by Gasteiger charge is 2.55. The number of Topliss-reactive ketones (excluding diaryl/α,β-unsaturated/α-hetero) is 1. The zero-order valence-electron chi connectivity index (χ0n) is 22.8. The first-order chi connectivity index (χ1) is 18.4. The topological polar surface area (TPSA) is 92.9 Å². The zero-order chi connectivity index (χ0) is 28.4. The van der Waals surface area contributed by atoms with E-state index in [-0.39, 0.29) is 55.3 Å². The summed E-state index contributed by atoms with van der Waals surface area (Å²) < 4.78 is 33.1. The van der Waals surface area contributed by atoms with Gasteiger partial charge in [-0.2, -0.15) is 0 Å². The molecule has 2 amide bonds. The average molecular weight is 542 g/mol. The summed E-state index contributed by atoms with van der Waals surface area (Å²) in [6.45, 7) is 4.12. The van der Waals surface area contributed by atoms with E-state index in [1.165, 1.54) is 6.07 Å². The molecule has 2 aromatic rings. The van der Waals surface area contributed by atoms with Crippen LogP contribution in [0, 0.1) is 23.0 Å². The number of rotatable bonds is 9. The van der Waals surface area contributed by atoms with Gasteiger partial charge >= 0.3 is 0 Å². The Morgan fingerprint density at radius 1 is 1.18 bits per heavy atom. The van der Waals surface area contributed by atoms with Crippen LogP contribution in [-0.2, 0) is 25.7 Å². The van der Waals surface area contributed by atoms with E-state index in [0.717, 1.165) is 17.7 Å². The van der Waals surface area contributed by atoms with Gasteiger partial charge in [0.1, 0.15) is 11.6 Å². The molecule has 7 nitrogen and oxygen atoms in total. The molecule has 2 heterocycles. The first-order valence-electron chi connectivity index (χ1n) is 13.4. The summed E-state index contributed by atoms with van der Waals surface area (Å²) in [7, 11) is 1.79. The minimum absolute atomic E-state index is 0.0209. The highest BCUT2D eigenvalue weighted by Crippen LogP contribution is 2.49. The summed E-state index contributed by atoms with van der Waals surface area (Å²) in [6, 6.07) is 13.1. The predicted molar refractivity (Wildman–Crippen MR) is 142 cm³/mol. The van der Waals surface area contributed by atoms with Gasteiger partial charge in [-0.1, -0.05) is 36.4 Å². The van der Waals surface area contributed by atoms with Crippen LogP contribution in [0.3, 0.4) is 0 Å². The van der Waals surface area contributed by atoms with Gasteiger partial charge in [0, 0.05) is 50.7 Å². The molecule has 0 aromatic heterocycles. The molecule has 3 atom stereocenters. The summed E-state index contributed by atoms with van der Waals surface area (Å²) >= 11 is 0. The van der Waals surface area contributed by atoms with Crippen LogP contribution in [0.1, 0.15) is 50.2 Å². The molecule has 2 N–H and O–H groups in total. The molecule has 4 rings (SSSR count). The number of likely N-dealkylation sites (N-methyl/N-ethyl adjacent to an activating group) is 1. The number of nitrogens with two attached hydrogens (primary N) is 1. The molecule has 0 aliphatic carbocycles. The van der Waals surface area contributed by atoms with E-state index in [4.69, 9.17) is 10.5 Å². The molecule has 0 bridgehead atoms. The van der Waals surface area contributed by atoms with Crippen LogP contribution in [-0.4, -0.2) is 66.2 Å². The lowest BCUT2D eigenvalue weighted by Gasteiger charge is -2.43. The van der Waals surface area contributed by atoms with Crippen molar-refractivity contribution in [2.75, 3.05) is 33.3 Å². The maximum atomic E-state index is 14.1. The number of amides is 2. The Bertz CT molecular complexity index is 1220. The third kappa shape index (κ3) is 6.20. The van der Waals surface area contributed by atoms with Gasteiger partial charge in [-0.3, -0.25) is 14.4 Å². The molecule has 0 saturated carbocycles. The maximum Gasteiger partial charge on any atom is 0.231 e. The van der Waals surface area contributed by atoms with Crippen molar-refractivity contribution in [2.45, 2.75) is 51.2 Å². The fourth-order valence-electron chi connectivity index (χ4n) is 5.81. The lowest BCUT2D eigenvalue weighted by molar-refractivity contribution is -0.148. The van der Waals surface area contributed by atoms with Gasteiger partial charge in [0.25, 0.3) is 0 Å². The molecule has 9 heteroatoms. The maximum absolute atomic E-state index is 14.1. The van der Waals surface area contributed by atoms with Gasteiger partial charge in [0.15, 0.2) is 5.78 Å². The molecule has 2 aliphatic heterocycles. The first-order valence-corrected chi connectivity index (χ1v) is 13.4. The van der Waals surface area contributed by atoms with Crippen molar-refractivity contribution in [2.24, 2.45) is 17.1 Å². The molecular weight excluding hydrogens is 504 g/mol. The van der Waals surface area contributed by atoms with Crippen molar-refractivity contribution in [3.05, 3.63) is 71.3 Å². The largest absolute Gasteiger partial charge is 0.376 e. The average Bonchev–Trinajstić information content (AvgIpc) is 3.13. The number of benzene rings is 2. The normalized spacial score (nSPS) is 22.4. The number of hydrogen-bond acceptors (Lipinski definition) is 5. The van der Waals surface area contributed by atoms with Crippen LogP contribution in [0.4, 0.5) is 8.78 Å². The van der Waals surface area contributed by atoms with Gasteiger partial charge in [-0.05, 0) is 38.3 Å². The highest BCUT2D eigenvalue weighted by atomic mass is 19.1. The smallest absolute Gasteiger partial charge is 0.231 e. The number of ether oxygens (including phenoxy) is 1. The Balaban J connectivity index is 1.54. The Kier molecular flexibility index (Phi) is 8.51. The van der Waals surface area contributed by atoms with E-state index in [1.54, 1.807) is 30.7 Å². The van der Waals surface area contributed by atoms with Crippen molar-refractivity contribution in [1.82, 2.24) is 9.80 Å². The Hall–Kier alpha value is -3.17. The van der Waals surface area contributed by atoms with E-state index >= 15 is 0 Å². The van der Waals surface area contributed by atoms with Gasteiger partial charge in [-0.15, -0.1) is 0 Å². The van der Waals surface area contributed by atoms with Crippen molar-refractivity contribution >= 4 is 17.6 Å². The van der Waals surface area contributed by atoms with Crippen LogP contribution >= 0.6 is 0 Å². The first kappa shape index (κ1) is 28.8.